The molecule has 146 valence electrons. The van der Waals surface area contributed by atoms with Gasteiger partial charge in [0, 0.05) is 32.0 Å². The van der Waals surface area contributed by atoms with Crippen LogP contribution in [0.2, 0.25) is 0 Å². The maximum absolute atomic E-state index is 13.2. The molecular weight excluding hydrogens is 344 g/mol. The molecule has 1 aromatic carbocycles. The zero-order valence-corrected chi connectivity index (χ0v) is 16.1. The van der Waals surface area contributed by atoms with Gasteiger partial charge in [-0.2, -0.15) is 0 Å². The fraction of sp³-hybridized carbons (Fsp3) is 0.619. The zero-order chi connectivity index (χ0) is 19.0. The fourth-order valence-corrected chi connectivity index (χ4v) is 4.39. The number of benzene rings is 1. The minimum Gasteiger partial charge on any atom is -0.490 e. The van der Waals surface area contributed by atoms with Crippen molar-refractivity contribution >= 4 is 11.8 Å². The number of carbonyl (C=O) groups excluding carboxylic acids is 2. The first-order valence-electron chi connectivity index (χ1n) is 10.0. The third-order valence-electron chi connectivity index (χ3n) is 5.82. The molecule has 3 aliphatic rings. The topological polar surface area (TPSA) is 59.1 Å². The summed E-state index contributed by atoms with van der Waals surface area (Å²) in [7, 11) is 0. The molecule has 2 saturated heterocycles. The Morgan fingerprint density at radius 1 is 1.15 bits per heavy atom. The van der Waals surface area contributed by atoms with Gasteiger partial charge in [-0.05, 0) is 44.4 Å². The van der Waals surface area contributed by atoms with Crippen LogP contribution in [0, 0.1) is 5.92 Å². The molecule has 1 aromatic rings. The number of fused-ring (bicyclic) bond motifs is 1. The summed E-state index contributed by atoms with van der Waals surface area (Å²) < 4.78 is 11.5. The molecule has 0 aliphatic carbocycles. The van der Waals surface area contributed by atoms with Gasteiger partial charge in [-0.1, -0.05) is 6.07 Å². The normalized spacial score (nSPS) is 25.2. The molecule has 0 N–H and O–H groups in total. The molecular formula is C21H28N2O4. The van der Waals surface area contributed by atoms with Gasteiger partial charge < -0.3 is 19.3 Å². The lowest BCUT2D eigenvalue weighted by molar-refractivity contribution is -0.136. The van der Waals surface area contributed by atoms with Crippen LogP contribution in [-0.2, 0) is 9.59 Å². The van der Waals surface area contributed by atoms with Crippen molar-refractivity contribution in [1.82, 2.24) is 9.80 Å². The molecule has 3 aliphatic heterocycles. The molecule has 0 saturated carbocycles. The van der Waals surface area contributed by atoms with E-state index in [0.29, 0.717) is 26.2 Å². The van der Waals surface area contributed by atoms with Gasteiger partial charge in [-0.25, -0.2) is 0 Å². The quantitative estimate of drug-likeness (QED) is 0.819. The molecule has 0 bridgehead atoms. The molecule has 2 atom stereocenters. The summed E-state index contributed by atoms with van der Waals surface area (Å²) >= 11 is 0. The van der Waals surface area contributed by atoms with Crippen LogP contribution in [-0.4, -0.2) is 54.0 Å². The highest BCUT2D eigenvalue weighted by molar-refractivity contribution is 5.89. The molecule has 3 heterocycles. The second-order valence-electron chi connectivity index (χ2n) is 7.99. The summed E-state index contributed by atoms with van der Waals surface area (Å²) in [5.74, 6) is 1.53. The van der Waals surface area contributed by atoms with Crippen molar-refractivity contribution in [2.75, 3.05) is 26.3 Å². The van der Waals surface area contributed by atoms with Gasteiger partial charge in [0.25, 0.3) is 0 Å². The summed E-state index contributed by atoms with van der Waals surface area (Å²) in [5, 5.41) is 0. The largest absolute Gasteiger partial charge is 0.490 e. The van der Waals surface area contributed by atoms with Crippen LogP contribution in [0.3, 0.4) is 0 Å². The van der Waals surface area contributed by atoms with Crippen LogP contribution in [0.1, 0.15) is 51.1 Å². The summed E-state index contributed by atoms with van der Waals surface area (Å²) in [4.78, 5) is 29.2. The van der Waals surface area contributed by atoms with Gasteiger partial charge in [0.1, 0.15) is 0 Å². The first-order valence-corrected chi connectivity index (χ1v) is 10.0. The molecule has 2 amide bonds. The third kappa shape index (κ3) is 3.49. The molecule has 4 rings (SSSR count). The molecule has 2 fully saturated rings. The second-order valence-corrected chi connectivity index (χ2v) is 7.99. The third-order valence-corrected chi connectivity index (χ3v) is 5.82. The van der Waals surface area contributed by atoms with E-state index in [2.05, 4.69) is 0 Å². The Labute approximate surface area is 160 Å². The first-order chi connectivity index (χ1) is 13.0. The van der Waals surface area contributed by atoms with E-state index in [0.717, 1.165) is 42.9 Å². The van der Waals surface area contributed by atoms with Crippen molar-refractivity contribution < 1.29 is 19.1 Å². The maximum Gasteiger partial charge on any atom is 0.228 e. The van der Waals surface area contributed by atoms with E-state index in [1.165, 1.54) is 0 Å². The Kier molecular flexibility index (Phi) is 4.98. The smallest absolute Gasteiger partial charge is 0.228 e. The number of amides is 2. The monoisotopic (exact) mass is 372 g/mol. The molecule has 0 radical (unpaired) electrons. The zero-order valence-electron chi connectivity index (χ0n) is 16.1. The molecule has 27 heavy (non-hydrogen) atoms. The van der Waals surface area contributed by atoms with Gasteiger partial charge in [0.05, 0.1) is 25.2 Å². The van der Waals surface area contributed by atoms with Crippen molar-refractivity contribution in [2.45, 2.75) is 51.6 Å². The van der Waals surface area contributed by atoms with Crippen LogP contribution in [0.25, 0.3) is 0 Å². The van der Waals surface area contributed by atoms with Crippen molar-refractivity contribution in [1.29, 1.82) is 0 Å². The average Bonchev–Trinajstić information content (AvgIpc) is 3.22. The lowest BCUT2D eigenvalue weighted by Gasteiger charge is -2.28. The minimum absolute atomic E-state index is 0.0536. The minimum atomic E-state index is -0.221. The summed E-state index contributed by atoms with van der Waals surface area (Å²) in [6.45, 7) is 6.62. The SMILES string of the molecule is CC(C)N1C[C@@H](C(=O)N2CCC[C@@H]2c2ccc3c(c2)OCCCO3)CC1=O. The van der Waals surface area contributed by atoms with Crippen LogP contribution >= 0.6 is 0 Å². The Morgan fingerprint density at radius 3 is 2.67 bits per heavy atom. The number of likely N-dealkylation sites (tertiary alicyclic amines) is 2. The van der Waals surface area contributed by atoms with Crippen LogP contribution in [0.15, 0.2) is 18.2 Å². The van der Waals surface area contributed by atoms with E-state index < -0.39 is 0 Å². The summed E-state index contributed by atoms with van der Waals surface area (Å²) in [6, 6.07) is 6.22. The predicted molar refractivity (Wildman–Crippen MR) is 101 cm³/mol. The number of hydrogen-bond acceptors (Lipinski definition) is 4. The number of nitrogens with zero attached hydrogens (tertiary/aromatic N) is 2. The summed E-state index contributed by atoms with van der Waals surface area (Å²) in [6.07, 6.45) is 3.14. The van der Waals surface area contributed by atoms with E-state index in [4.69, 9.17) is 9.47 Å². The Hall–Kier alpha value is -2.24. The highest BCUT2D eigenvalue weighted by Gasteiger charge is 2.40. The van der Waals surface area contributed by atoms with Crippen molar-refractivity contribution in [3.05, 3.63) is 23.8 Å². The molecule has 6 heteroatoms. The molecule has 0 unspecified atom stereocenters. The van der Waals surface area contributed by atoms with Gasteiger partial charge in [-0.3, -0.25) is 9.59 Å². The Bertz CT molecular complexity index is 733. The lowest BCUT2D eigenvalue weighted by atomic mass is 10.0. The average molecular weight is 372 g/mol. The van der Waals surface area contributed by atoms with Gasteiger partial charge in [-0.15, -0.1) is 0 Å². The fourth-order valence-electron chi connectivity index (χ4n) is 4.39. The van der Waals surface area contributed by atoms with Gasteiger partial charge >= 0.3 is 0 Å². The standard InChI is InChI=1S/C21H28N2O4/c1-14(2)23-13-16(12-20(23)24)21(25)22-8-3-5-17(22)15-6-7-18-19(11-15)27-10-4-9-26-18/h6-7,11,14,16-17H,3-5,8-10,12-13H2,1-2H3/t16-,17+/m0/s1. The summed E-state index contributed by atoms with van der Waals surface area (Å²) in [5.41, 5.74) is 1.09. The van der Waals surface area contributed by atoms with Crippen molar-refractivity contribution in [3.8, 4) is 11.5 Å². The number of rotatable bonds is 3. The molecule has 0 aromatic heterocycles. The van der Waals surface area contributed by atoms with E-state index in [-0.39, 0.29) is 29.8 Å². The lowest BCUT2D eigenvalue weighted by Crippen LogP contribution is -2.38. The van der Waals surface area contributed by atoms with E-state index in [1.807, 2.05) is 41.8 Å². The number of carbonyl (C=O) groups is 2. The maximum atomic E-state index is 13.2. The van der Waals surface area contributed by atoms with Crippen LogP contribution in [0.4, 0.5) is 0 Å². The number of hydrogen-bond donors (Lipinski definition) is 0. The highest BCUT2D eigenvalue weighted by atomic mass is 16.5. The van der Waals surface area contributed by atoms with Crippen molar-refractivity contribution in [2.24, 2.45) is 5.92 Å². The number of ether oxygens (including phenoxy) is 2. The van der Waals surface area contributed by atoms with Gasteiger partial charge in [0.2, 0.25) is 11.8 Å². The van der Waals surface area contributed by atoms with E-state index in [9.17, 15) is 9.59 Å². The predicted octanol–water partition coefficient (Wildman–Crippen LogP) is 2.77. The Balaban J connectivity index is 1.52. The molecule has 6 nitrogen and oxygen atoms in total. The molecule has 0 spiro atoms. The van der Waals surface area contributed by atoms with Crippen molar-refractivity contribution in [3.63, 3.8) is 0 Å². The Morgan fingerprint density at radius 2 is 1.93 bits per heavy atom. The van der Waals surface area contributed by atoms with E-state index >= 15 is 0 Å². The second kappa shape index (κ2) is 7.41. The first kappa shape index (κ1) is 18.1. The van der Waals surface area contributed by atoms with Gasteiger partial charge in [0.15, 0.2) is 11.5 Å². The highest BCUT2D eigenvalue weighted by Crippen LogP contribution is 2.39. The van der Waals surface area contributed by atoms with Crippen LogP contribution in [0.5, 0.6) is 11.5 Å². The van der Waals surface area contributed by atoms with E-state index in [1.54, 1.807) is 0 Å². The van der Waals surface area contributed by atoms with Crippen LogP contribution < -0.4 is 9.47 Å².